The van der Waals surface area contributed by atoms with Crippen LogP contribution in [0.2, 0.25) is 0 Å². The smallest absolute Gasteiger partial charge is 0.196 e. The zero-order valence-corrected chi connectivity index (χ0v) is 8.81. The number of oxazole rings is 1. The number of nitrogens with two attached hydrogens (primary N) is 1. The zero-order valence-electron chi connectivity index (χ0n) is 8.81. The van der Waals surface area contributed by atoms with Crippen molar-refractivity contribution in [2.24, 2.45) is 5.73 Å². The summed E-state index contributed by atoms with van der Waals surface area (Å²) in [6, 6.07) is 12.2. The number of fused-ring (bicyclic) bond motifs is 3. The molecule has 0 bridgehead atoms. The van der Waals surface area contributed by atoms with E-state index in [0.29, 0.717) is 18.9 Å². The molecule has 0 aliphatic rings. The molecule has 80 valence electrons. The lowest BCUT2D eigenvalue weighted by atomic mass is 10.1. The summed E-state index contributed by atoms with van der Waals surface area (Å²) in [5.74, 6) is 0.717. The number of benzene rings is 2. The molecule has 1 aromatic heterocycles. The monoisotopic (exact) mass is 212 g/mol. The molecular weight excluding hydrogens is 200 g/mol. The highest BCUT2D eigenvalue weighted by Crippen LogP contribution is 2.25. The summed E-state index contributed by atoms with van der Waals surface area (Å²) in [5, 5.41) is 2.28. The largest absolute Gasteiger partial charge is 0.440 e. The van der Waals surface area contributed by atoms with Gasteiger partial charge in [0.2, 0.25) is 0 Å². The predicted molar refractivity (Wildman–Crippen MR) is 64.3 cm³/mol. The van der Waals surface area contributed by atoms with E-state index in [2.05, 4.69) is 23.2 Å². The van der Waals surface area contributed by atoms with Gasteiger partial charge in [-0.2, -0.15) is 0 Å². The topological polar surface area (TPSA) is 52.0 Å². The Morgan fingerprint density at radius 3 is 2.88 bits per heavy atom. The van der Waals surface area contributed by atoms with E-state index in [1.807, 2.05) is 18.2 Å². The summed E-state index contributed by atoms with van der Waals surface area (Å²) in [6.45, 7) is 0.560. The number of aromatic nitrogens is 1. The van der Waals surface area contributed by atoms with E-state index < -0.39 is 0 Å². The van der Waals surface area contributed by atoms with Crippen LogP contribution >= 0.6 is 0 Å². The zero-order chi connectivity index (χ0) is 11.0. The number of nitrogens with zero attached hydrogens (tertiary/aromatic N) is 1. The molecule has 0 fully saturated rings. The first kappa shape index (κ1) is 9.36. The molecule has 3 aromatic rings. The van der Waals surface area contributed by atoms with E-state index in [-0.39, 0.29) is 0 Å². The Morgan fingerprint density at radius 2 is 2.00 bits per heavy atom. The minimum Gasteiger partial charge on any atom is -0.440 e. The molecule has 3 rings (SSSR count). The van der Waals surface area contributed by atoms with Crippen LogP contribution in [0.1, 0.15) is 5.89 Å². The second-order valence-electron chi connectivity index (χ2n) is 3.78. The number of rotatable bonds is 2. The van der Waals surface area contributed by atoms with Gasteiger partial charge in [-0.05, 0) is 11.5 Å². The van der Waals surface area contributed by atoms with Gasteiger partial charge in [-0.15, -0.1) is 0 Å². The van der Waals surface area contributed by atoms with Crippen molar-refractivity contribution in [1.82, 2.24) is 4.98 Å². The Morgan fingerprint density at radius 1 is 1.12 bits per heavy atom. The van der Waals surface area contributed by atoms with Crippen LogP contribution in [-0.2, 0) is 6.42 Å². The first-order valence-electron chi connectivity index (χ1n) is 5.36. The molecule has 2 N–H and O–H groups in total. The lowest BCUT2D eigenvalue weighted by molar-refractivity contribution is 0.533. The van der Waals surface area contributed by atoms with E-state index in [0.717, 1.165) is 16.5 Å². The molecule has 0 aliphatic carbocycles. The highest BCUT2D eigenvalue weighted by atomic mass is 16.3. The van der Waals surface area contributed by atoms with Crippen molar-refractivity contribution in [3.8, 4) is 0 Å². The second kappa shape index (κ2) is 3.61. The van der Waals surface area contributed by atoms with Crippen molar-refractivity contribution in [2.75, 3.05) is 6.54 Å². The summed E-state index contributed by atoms with van der Waals surface area (Å²) in [4.78, 5) is 4.41. The van der Waals surface area contributed by atoms with E-state index in [1.54, 1.807) is 0 Å². The maximum Gasteiger partial charge on any atom is 0.196 e. The van der Waals surface area contributed by atoms with Crippen LogP contribution < -0.4 is 5.73 Å². The van der Waals surface area contributed by atoms with Crippen molar-refractivity contribution in [2.45, 2.75) is 6.42 Å². The number of hydrogen-bond acceptors (Lipinski definition) is 3. The fraction of sp³-hybridized carbons (Fsp3) is 0.154. The molecule has 0 atom stereocenters. The molecule has 1 heterocycles. The lowest BCUT2D eigenvalue weighted by Crippen LogP contribution is -2.02. The Balaban J connectivity index is 2.32. The minimum atomic E-state index is 0.560. The summed E-state index contributed by atoms with van der Waals surface area (Å²) < 4.78 is 5.73. The summed E-state index contributed by atoms with van der Waals surface area (Å²) in [5.41, 5.74) is 7.26. The molecule has 0 saturated heterocycles. The molecule has 2 aromatic carbocycles. The van der Waals surface area contributed by atoms with Crippen molar-refractivity contribution in [3.63, 3.8) is 0 Å². The van der Waals surface area contributed by atoms with E-state index >= 15 is 0 Å². The first-order valence-corrected chi connectivity index (χ1v) is 5.36. The van der Waals surface area contributed by atoms with Crippen molar-refractivity contribution < 1.29 is 4.42 Å². The maximum absolute atomic E-state index is 5.73. The molecular formula is C13H12N2O. The fourth-order valence-corrected chi connectivity index (χ4v) is 1.93. The summed E-state index contributed by atoms with van der Waals surface area (Å²) in [7, 11) is 0. The summed E-state index contributed by atoms with van der Waals surface area (Å²) in [6.07, 6.45) is 0.684. The van der Waals surface area contributed by atoms with Crippen LogP contribution in [0.4, 0.5) is 0 Å². The van der Waals surface area contributed by atoms with Crippen molar-refractivity contribution in [3.05, 3.63) is 42.3 Å². The van der Waals surface area contributed by atoms with Gasteiger partial charge in [0, 0.05) is 18.4 Å². The standard InChI is InChI=1S/C13H12N2O/c14-8-7-12-15-11-6-5-9-3-1-2-4-10(9)13(11)16-12/h1-6H,7-8,14H2. The third-order valence-electron chi connectivity index (χ3n) is 2.68. The van der Waals surface area contributed by atoms with Gasteiger partial charge in [0.15, 0.2) is 11.5 Å². The van der Waals surface area contributed by atoms with Crippen LogP contribution in [-0.4, -0.2) is 11.5 Å². The van der Waals surface area contributed by atoms with Crippen molar-refractivity contribution in [1.29, 1.82) is 0 Å². The normalized spacial score (nSPS) is 11.3. The van der Waals surface area contributed by atoms with Crippen LogP contribution in [0.25, 0.3) is 21.9 Å². The van der Waals surface area contributed by atoms with Gasteiger partial charge in [-0.1, -0.05) is 30.3 Å². The van der Waals surface area contributed by atoms with Gasteiger partial charge in [0.05, 0.1) is 0 Å². The van der Waals surface area contributed by atoms with Crippen LogP contribution in [0.15, 0.2) is 40.8 Å². The first-order chi connectivity index (χ1) is 7.88. The molecule has 16 heavy (non-hydrogen) atoms. The number of hydrogen-bond donors (Lipinski definition) is 1. The predicted octanol–water partition coefficient (Wildman–Crippen LogP) is 2.48. The Labute approximate surface area is 92.9 Å². The van der Waals surface area contributed by atoms with Gasteiger partial charge >= 0.3 is 0 Å². The molecule has 0 amide bonds. The van der Waals surface area contributed by atoms with Crippen LogP contribution in [0.5, 0.6) is 0 Å². The van der Waals surface area contributed by atoms with E-state index in [1.165, 1.54) is 5.39 Å². The van der Waals surface area contributed by atoms with E-state index in [9.17, 15) is 0 Å². The van der Waals surface area contributed by atoms with Crippen LogP contribution in [0, 0.1) is 0 Å². The van der Waals surface area contributed by atoms with Gasteiger partial charge in [0.1, 0.15) is 5.52 Å². The third-order valence-corrected chi connectivity index (χ3v) is 2.68. The van der Waals surface area contributed by atoms with Gasteiger partial charge in [-0.25, -0.2) is 4.98 Å². The second-order valence-corrected chi connectivity index (χ2v) is 3.78. The Kier molecular flexibility index (Phi) is 2.11. The fourth-order valence-electron chi connectivity index (χ4n) is 1.93. The quantitative estimate of drug-likeness (QED) is 0.710. The average molecular weight is 212 g/mol. The molecule has 0 radical (unpaired) electrons. The minimum absolute atomic E-state index is 0.560. The Bertz CT molecular complexity index is 643. The summed E-state index contributed by atoms with van der Waals surface area (Å²) >= 11 is 0. The third kappa shape index (κ3) is 1.37. The van der Waals surface area contributed by atoms with E-state index in [4.69, 9.17) is 10.2 Å². The highest BCUT2D eigenvalue weighted by molar-refractivity contribution is 6.02. The highest BCUT2D eigenvalue weighted by Gasteiger charge is 2.07. The molecule has 0 unspecified atom stereocenters. The van der Waals surface area contributed by atoms with Crippen molar-refractivity contribution >= 4 is 21.9 Å². The van der Waals surface area contributed by atoms with Gasteiger partial charge in [-0.3, -0.25) is 0 Å². The molecule has 0 spiro atoms. The SMILES string of the molecule is NCCc1nc2ccc3ccccc3c2o1. The molecule has 3 nitrogen and oxygen atoms in total. The molecule has 0 saturated carbocycles. The average Bonchev–Trinajstić information content (AvgIpc) is 2.72. The van der Waals surface area contributed by atoms with Crippen LogP contribution in [0.3, 0.4) is 0 Å². The molecule has 3 heteroatoms. The Hall–Kier alpha value is -1.87. The van der Waals surface area contributed by atoms with Gasteiger partial charge < -0.3 is 10.2 Å². The molecule has 0 aliphatic heterocycles. The van der Waals surface area contributed by atoms with Gasteiger partial charge in [0.25, 0.3) is 0 Å². The maximum atomic E-state index is 5.73. The lowest BCUT2D eigenvalue weighted by Gasteiger charge is -1.95.